The first-order valence-electron chi connectivity index (χ1n) is 5.93. The van der Waals surface area contributed by atoms with Crippen molar-refractivity contribution >= 4 is 0 Å². The van der Waals surface area contributed by atoms with E-state index in [4.69, 9.17) is 0 Å². The maximum atomic E-state index is 4.02. The normalized spacial score (nSPS) is 28.2. The molecule has 1 aliphatic heterocycles. The summed E-state index contributed by atoms with van der Waals surface area (Å²) in [5.74, 6) is 0. The van der Waals surface area contributed by atoms with E-state index in [0.717, 1.165) is 25.0 Å². The van der Waals surface area contributed by atoms with Crippen molar-refractivity contribution < 1.29 is 0 Å². The first kappa shape index (κ1) is 10.2. The molecule has 0 aromatic heterocycles. The highest BCUT2D eigenvalue weighted by atomic mass is 15.2. The van der Waals surface area contributed by atoms with Crippen LogP contribution < -0.4 is 5.32 Å². The summed E-state index contributed by atoms with van der Waals surface area (Å²) >= 11 is 0. The van der Waals surface area contributed by atoms with Crippen molar-refractivity contribution in [3.8, 4) is 0 Å². The maximum Gasteiger partial charge on any atom is 0.0210 e. The fourth-order valence-corrected chi connectivity index (χ4v) is 2.14. The molecule has 0 aromatic rings. The van der Waals surface area contributed by atoms with Crippen molar-refractivity contribution in [2.24, 2.45) is 0 Å². The second-order valence-electron chi connectivity index (χ2n) is 4.70. The van der Waals surface area contributed by atoms with Crippen LogP contribution in [-0.2, 0) is 0 Å². The smallest absolute Gasteiger partial charge is 0.0210 e. The van der Waals surface area contributed by atoms with Crippen molar-refractivity contribution in [3.63, 3.8) is 0 Å². The molecule has 0 spiro atoms. The van der Waals surface area contributed by atoms with E-state index in [1.807, 2.05) is 0 Å². The van der Waals surface area contributed by atoms with Gasteiger partial charge in [0, 0.05) is 31.7 Å². The lowest BCUT2D eigenvalue weighted by molar-refractivity contribution is 0.318. The number of hydrogen-bond acceptors (Lipinski definition) is 2. The SMILES string of the molecule is C=C(CC)CNC1CCN(C2CC2)C1. The Morgan fingerprint density at radius 2 is 2.21 bits per heavy atom. The van der Waals surface area contributed by atoms with Crippen molar-refractivity contribution in [2.75, 3.05) is 19.6 Å². The summed E-state index contributed by atoms with van der Waals surface area (Å²) in [6.45, 7) is 9.79. The molecule has 1 unspecified atom stereocenters. The van der Waals surface area contributed by atoms with Crippen LogP contribution in [0.2, 0.25) is 0 Å². The minimum Gasteiger partial charge on any atom is -0.309 e. The van der Waals surface area contributed by atoms with Crippen molar-refractivity contribution in [2.45, 2.75) is 44.7 Å². The molecule has 0 aromatic carbocycles. The zero-order valence-electron chi connectivity index (χ0n) is 9.26. The minimum atomic E-state index is 0.721. The van der Waals surface area contributed by atoms with Crippen LogP contribution in [0.3, 0.4) is 0 Å². The van der Waals surface area contributed by atoms with Crippen LogP contribution in [0.25, 0.3) is 0 Å². The van der Waals surface area contributed by atoms with Gasteiger partial charge in [-0.15, -0.1) is 0 Å². The average molecular weight is 194 g/mol. The highest BCUT2D eigenvalue weighted by Crippen LogP contribution is 2.29. The van der Waals surface area contributed by atoms with E-state index < -0.39 is 0 Å². The molecule has 14 heavy (non-hydrogen) atoms. The summed E-state index contributed by atoms with van der Waals surface area (Å²) in [4.78, 5) is 2.65. The van der Waals surface area contributed by atoms with E-state index in [-0.39, 0.29) is 0 Å². The zero-order chi connectivity index (χ0) is 9.97. The Morgan fingerprint density at radius 1 is 1.43 bits per heavy atom. The van der Waals surface area contributed by atoms with Crippen LogP contribution in [0.4, 0.5) is 0 Å². The molecular weight excluding hydrogens is 172 g/mol. The molecule has 2 fully saturated rings. The summed E-state index contributed by atoms with van der Waals surface area (Å²) < 4.78 is 0. The lowest BCUT2D eigenvalue weighted by Crippen LogP contribution is -2.34. The molecule has 80 valence electrons. The fourth-order valence-electron chi connectivity index (χ4n) is 2.14. The van der Waals surface area contributed by atoms with Crippen LogP contribution in [0.15, 0.2) is 12.2 Å². The molecule has 0 radical (unpaired) electrons. The van der Waals surface area contributed by atoms with Gasteiger partial charge in [0.2, 0.25) is 0 Å². The molecule has 2 rings (SSSR count). The van der Waals surface area contributed by atoms with Crippen LogP contribution in [0.5, 0.6) is 0 Å². The number of hydrogen-bond donors (Lipinski definition) is 1. The molecule has 1 saturated carbocycles. The van der Waals surface area contributed by atoms with Crippen LogP contribution in [0.1, 0.15) is 32.6 Å². The Bertz CT molecular complexity index is 208. The number of likely N-dealkylation sites (tertiary alicyclic amines) is 1. The molecule has 0 bridgehead atoms. The summed E-state index contributed by atoms with van der Waals surface area (Å²) in [5, 5.41) is 3.60. The standard InChI is InChI=1S/C12H22N2/c1-3-10(2)8-13-11-6-7-14(9-11)12-4-5-12/h11-13H,2-9H2,1H3. The van der Waals surface area contributed by atoms with E-state index in [9.17, 15) is 0 Å². The highest BCUT2D eigenvalue weighted by molar-refractivity contribution is 4.98. The van der Waals surface area contributed by atoms with Gasteiger partial charge in [0.1, 0.15) is 0 Å². The van der Waals surface area contributed by atoms with Crippen molar-refractivity contribution in [3.05, 3.63) is 12.2 Å². The predicted octanol–water partition coefficient (Wildman–Crippen LogP) is 1.78. The van der Waals surface area contributed by atoms with Crippen LogP contribution in [-0.4, -0.2) is 36.6 Å². The second-order valence-corrected chi connectivity index (χ2v) is 4.70. The Morgan fingerprint density at radius 3 is 2.86 bits per heavy atom. The molecule has 2 nitrogen and oxygen atoms in total. The largest absolute Gasteiger partial charge is 0.309 e. The quantitative estimate of drug-likeness (QED) is 0.671. The number of nitrogens with zero attached hydrogens (tertiary/aromatic N) is 1. The van der Waals surface area contributed by atoms with Crippen LogP contribution >= 0.6 is 0 Å². The van der Waals surface area contributed by atoms with E-state index in [1.54, 1.807) is 0 Å². The highest BCUT2D eigenvalue weighted by Gasteiger charge is 2.33. The number of rotatable bonds is 5. The monoisotopic (exact) mass is 194 g/mol. The van der Waals surface area contributed by atoms with Gasteiger partial charge in [0.15, 0.2) is 0 Å². The van der Waals surface area contributed by atoms with E-state index >= 15 is 0 Å². The molecule has 1 atom stereocenters. The van der Waals surface area contributed by atoms with Gasteiger partial charge in [-0.3, -0.25) is 4.90 Å². The lowest BCUT2D eigenvalue weighted by atomic mass is 10.2. The van der Waals surface area contributed by atoms with Gasteiger partial charge in [0.05, 0.1) is 0 Å². The molecule has 1 saturated heterocycles. The zero-order valence-corrected chi connectivity index (χ0v) is 9.26. The van der Waals surface area contributed by atoms with Gasteiger partial charge in [-0.05, 0) is 25.7 Å². The van der Waals surface area contributed by atoms with E-state index in [1.165, 1.54) is 37.9 Å². The topological polar surface area (TPSA) is 15.3 Å². The Balaban J connectivity index is 1.65. The van der Waals surface area contributed by atoms with Crippen molar-refractivity contribution in [1.29, 1.82) is 0 Å². The van der Waals surface area contributed by atoms with Crippen molar-refractivity contribution in [1.82, 2.24) is 10.2 Å². The first-order chi connectivity index (χ1) is 6.79. The van der Waals surface area contributed by atoms with Gasteiger partial charge in [-0.1, -0.05) is 19.1 Å². The average Bonchev–Trinajstić information content (AvgIpc) is 2.95. The summed E-state index contributed by atoms with van der Waals surface area (Å²) in [5.41, 5.74) is 1.33. The molecular formula is C12H22N2. The van der Waals surface area contributed by atoms with Crippen LogP contribution in [0, 0.1) is 0 Å². The fraction of sp³-hybridized carbons (Fsp3) is 0.833. The number of nitrogens with one attached hydrogen (secondary N) is 1. The molecule has 2 heteroatoms. The molecule has 0 amide bonds. The predicted molar refractivity (Wildman–Crippen MR) is 60.4 cm³/mol. The van der Waals surface area contributed by atoms with Gasteiger partial charge in [-0.2, -0.15) is 0 Å². The first-order valence-corrected chi connectivity index (χ1v) is 5.93. The second kappa shape index (κ2) is 4.45. The van der Waals surface area contributed by atoms with E-state index in [2.05, 4.69) is 23.7 Å². The summed E-state index contributed by atoms with van der Waals surface area (Å²) in [6, 6.07) is 1.66. The molecule has 1 heterocycles. The van der Waals surface area contributed by atoms with Gasteiger partial charge >= 0.3 is 0 Å². The Hall–Kier alpha value is -0.340. The third-order valence-electron chi connectivity index (χ3n) is 3.42. The van der Waals surface area contributed by atoms with Gasteiger partial charge < -0.3 is 5.32 Å². The Labute approximate surface area is 87.4 Å². The molecule has 2 aliphatic rings. The summed E-state index contributed by atoms with van der Waals surface area (Å²) in [6.07, 6.45) is 5.31. The molecule has 1 N–H and O–H groups in total. The third kappa shape index (κ3) is 2.58. The minimum absolute atomic E-state index is 0.721. The van der Waals surface area contributed by atoms with Gasteiger partial charge in [-0.25, -0.2) is 0 Å². The van der Waals surface area contributed by atoms with Gasteiger partial charge in [0.25, 0.3) is 0 Å². The summed E-state index contributed by atoms with van der Waals surface area (Å²) in [7, 11) is 0. The van der Waals surface area contributed by atoms with E-state index in [0.29, 0.717) is 0 Å². The third-order valence-corrected chi connectivity index (χ3v) is 3.42. The Kier molecular flexibility index (Phi) is 3.24. The maximum absolute atomic E-state index is 4.02. The lowest BCUT2D eigenvalue weighted by Gasteiger charge is -2.16. The molecule has 1 aliphatic carbocycles.